The van der Waals surface area contributed by atoms with E-state index in [1.165, 1.54) is 22.3 Å². The summed E-state index contributed by atoms with van der Waals surface area (Å²) in [5.74, 6) is -0.319. The minimum Gasteiger partial charge on any atom is -0.458 e. The van der Waals surface area contributed by atoms with Gasteiger partial charge < -0.3 is 9.84 Å². The summed E-state index contributed by atoms with van der Waals surface area (Å²) >= 11 is 0. The van der Waals surface area contributed by atoms with Crippen LogP contribution in [0.4, 0.5) is 0 Å². The number of hydrogen-bond acceptors (Lipinski definition) is 3. The highest BCUT2D eigenvalue weighted by atomic mass is 16.5. The average Bonchev–Trinajstić information content (AvgIpc) is 2.51. The molecule has 1 aliphatic carbocycles. The van der Waals surface area contributed by atoms with Gasteiger partial charge in [-0.3, -0.25) is 4.79 Å². The molecule has 1 aromatic carbocycles. The standard InChI is InChI=1S/C24H32O3/c1-16-6-8-17(9-7-16)20-14-23(2,3)15-24(4,5)21(20)11-10-19-12-18(25)13-22(26)27-19/h6-11,18-19,25H,12-15H2,1-5H3. The number of rotatable bonds is 3. The maximum Gasteiger partial charge on any atom is 0.309 e. The van der Waals surface area contributed by atoms with E-state index in [9.17, 15) is 9.90 Å². The lowest BCUT2D eigenvalue weighted by molar-refractivity contribution is -0.156. The van der Waals surface area contributed by atoms with E-state index in [4.69, 9.17) is 4.74 Å². The number of carbonyl (C=O) groups is 1. The minimum atomic E-state index is -0.607. The van der Waals surface area contributed by atoms with E-state index in [0.717, 1.165) is 12.8 Å². The molecule has 1 fully saturated rings. The molecule has 3 rings (SSSR count). The predicted molar refractivity (Wildman–Crippen MR) is 109 cm³/mol. The monoisotopic (exact) mass is 368 g/mol. The summed E-state index contributed by atoms with van der Waals surface area (Å²) < 4.78 is 5.41. The number of cyclic esters (lactones) is 1. The van der Waals surface area contributed by atoms with E-state index < -0.39 is 6.10 Å². The molecule has 0 saturated carbocycles. The third-order valence-corrected chi connectivity index (χ3v) is 5.70. The van der Waals surface area contributed by atoms with Crippen LogP contribution in [0, 0.1) is 17.8 Å². The summed E-state index contributed by atoms with van der Waals surface area (Å²) in [7, 11) is 0. The van der Waals surface area contributed by atoms with Crippen molar-refractivity contribution in [1.29, 1.82) is 0 Å². The van der Waals surface area contributed by atoms with Gasteiger partial charge >= 0.3 is 5.97 Å². The molecule has 1 aliphatic heterocycles. The maximum atomic E-state index is 11.6. The molecule has 146 valence electrons. The fraction of sp³-hybridized carbons (Fsp3) is 0.542. The Hall–Kier alpha value is -1.87. The summed E-state index contributed by atoms with van der Waals surface area (Å²) in [6, 6.07) is 8.75. The predicted octanol–water partition coefficient (Wildman–Crippen LogP) is 5.22. The van der Waals surface area contributed by atoms with E-state index >= 15 is 0 Å². The van der Waals surface area contributed by atoms with Crippen LogP contribution in [-0.2, 0) is 9.53 Å². The topological polar surface area (TPSA) is 46.5 Å². The highest BCUT2D eigenvalue weighted by Crippen LogP contribution is 2.52. The minimum absolute atomic E-state index is 0.0236. The molecule has 0 bridgehead atoms. The summed E-state index contributed by atoms with van der Waals surface area (Å²) in [6.07, 6.45) is 5.84. The van der Waals surface area contributed by atoms with Gasteiger partial charge in [-0.2, -0.15) is 0 Å². The molecule has 0 amide bonds. The quantitative estimate of drug-likeness (QED) is 0.744. The van der Waals surface area contributed by atoms with Crippen LogP contribution in [0.1, 0.15) is 64.5 Å². The van der Waals surface area contributed by atoms with E-state index in [0.29, 0.717) is 6.42 Å². The first kappa shape index (κ1) is 19.9. The number of hydrogen-bond donors (Lipinski definition) is 1. The number of esters is 1. The molecule has 1 heterocycles. The van der Waals surface area contributed by atoms with E-state index in [2.05, 4.69) is 65.0 Å². The van der Waals surface area contributed by atoms with Crippen LogP contribution in [0.15, 0.2) is 42.0 Å². The van der Waals surface area contributed by atoms with Gasteiger partial charge in [0.2, 0.25) is 0 Å². The average molecular weight is 369 g/mol. The van der Waals surface area contributed by atoms with Crippen LogP contribution < -0.4 is 0 Å². The highest BCUT2D eigenvalue weighted by Gasteiger charge is 2.38. The molecule has 1 N–H and O–H groups in total. The Kier molecular flexibility index (Phi) is 5.36. The van der Waals surface area contributed by atoms with Crippen molar-refractivity contribution in [2.24, 2.45) is 10.8 Å². The van der Waals surface area contributed by atoms with Gasteiger partial charge in [0.05, 0.1) is 12.5 Å². The second-order valence-corrected chi connectivity index (χ2v) is 9.64. The lowest BCUT2D eigenvalue weighted by Crippen LogP contribution is -2.32. The van der Waals surface area contributed by atoms with Gasteiger partial charge in [-0.25, -0.2) is 0 Å². The number of allylic oxidation sites excluding steroid dienone is 3. The number of benzene rings is 1. The fourth-order valence-corrected chi connectivity index (χ4v) is 4.81. The Morgan fingerprint density at radius 1 is 1.15 bits per heavy atom. The van der Waals surface area contributed by atoms with Crippen molar-refractivity contribution >= 4 is 11.5 Å². The van der Waals surface area contributed by atoms with Crippen molar-refractivity contribution in [1.82, 2.24) is 0 Å². The van der Waals surface area contributed by atoms with Gasteiger partial charge in [-0.05, 0) is 53.4 Å². The van der Waals surface area contributed by atoms with Crippen molar-refractivity contribution in [3.63, 3.8) is 0 Å². The number of aryl methyl sites for hydroxylation is 1. The molecule has 2 atom stereocenters. The summed E-state index contributed by atoms with van der Waals surface area (Å²) in [5, 5.41) is 9.87. The number of aliphatic hydroxyl groups excluding tert-OH is 1. The number of aliphatic hydroxyl groups is 1. The van der Waals surface area contributed by atoms with Crippen molar-refractivity contribution < 1.29 is 14.6 Å². The first-order valence-corrected chi connectivity index (χ1v) is 9.92. The first-order valence-electron chi connectivity index (χ1n) is 9.92. The van der Waals surface area contributed by atoms with Crippen molar-refractivity contribution in [2.75, 3.05) is 0 Å². The van der Waals surface area contributed by atoms with E-state index in [-0.39, 0.29) is 29.3 Å². The van der Waals surface area contributed by atoms with Crippen LogP contribution in [0.3, 0.4) is 0 Å². The zero-order valence-corrected chi connectivity index (χ0v) is 17.2. The molecule has 1 aromatic rings. The van der Waals surface area contributed by atoms with Crippen LogP contribution in [0.25, 0.3) is 5.57 Å². The van der Waals surface area contributed by atoms with E-state index in [1.54, 1.807) is 0 Å². The molecule has 0 aromatic heterocycles. The molecule has 27 heavy (non-hydrogen) atoms. The van der Waals surface area contributed by atoms with Gasteiger partial charge in [0.25, 0.3) is 0 Å². The first-order chi connectivity index (χ1) is 12.6. The summed E-state index contributed by atoms with van der Waals surface area (Å²) in [4.78, 5) is 11.6. The second-order valence-electron chi connectivity index (χ2n) is 9.64. The largest absolute Gasteiger partial charge is 0.458 e. The zero-order valence-electron chi connectivity index (χ0n) is 17.2. The summed E-state index contributed by atoms with van der Waals surface area (Å²) in [5.41, 5.74) is 5.46. The van der Waals surface area contributed by atoms with Crippen LogP contribution in [0.2, 0.25) is 0 Å². The van der Waals surface area contributed by atoms with Crippen LogP contribution in [-0.4, -0.2) is 23.3 Å². The Labute approximate surface area is 163 Å². The number of ether oxygens (including phenoxy) is 1. The lowest BCUT2D eigenvalue weighted by Gasteiger charge is -2.43. The normalized spacial score (nSPS) is 27.7. The molecule has 3 heteroatoms. The molecule has 3 nitrogen and oxygen atoms in total. The van der Waals surface area contributed by atoms with Crippen molar-refractivity contribution in [2.45, 2.75) is 72.5 Å². The number of carbonyl (C=O) groups excluding carboxylic acids is 1. The van der Waals surface area contributed by atoms with E-state index in [1.807, 2.05) is 6.08 Å². The fourth-order valence-electron chi connectivity index (χ4n) is 4.81. The Morgan fingerprint density at radius 2 is 1.81 bits per heavy atom. The molecule has 2 unspecified atom stereocenters. The third-order valence-electron chi connectivity index (χ3n) is 5.70. The van der Waals surface area contributed by atoms with Gasteiger partial charge in [0, 0.05) is 6.42 Å². The lowest BCUT2D eigenvalue weighted by atomic mass is 9.61. The maximum absolute atomic E-state index is 11.6. The Balaban J connectivity index is 2.00. The smallest absolute Gasteiger partial charge is 0.309 e. The van der Waals surface area contributed by atoms with Gasteiger partial charge in [-0.15, -0.1) is 0 Å². The van der Waals surface area contributed by atoms with Gasteiger partial charge in [-0.1, -0.05) is 63.6 Å². The van der Waals surface area contributed by atoms with Crippen molar-refractivity contribution in [3.05, 3.63) is 53.1 Å². The molecule has 1 saturated heterocycles. The molecule has 0 spiro atoms. The zero-order chi connectivity index (χ0) is 19.8. The highest BCUT2D eigenvalue weighted by molar-refractivity contribution is 5.74. The van der Waals surface area contributed by atoms with Gasteiger partial charge in [0.15, 0.2) is 0 Å². The molecule has 2 aliphatic rings. The van der Waals surface area contributed by atoms with Crippen LogP contribution >= 0.6 is 0 Å². The SMILES string of the molecule is Cc1ccc(C2=C(C=CC3CC(O)CC(=O)O3)C(C)(C)CC(C)(C)C2)cc1. The molecule has 0 radical (unpaired) electrons. The van der Waals surface area contributed by atoms with Crippen molar-refractivity contribution in [3.8, 4) is 0 Å². The summed E-state index contributed by atoms with van der Waals surface area (Å²) in [6.45, 7) is 11.4. The molecular formula is C24H32O3. The second kappa shape index (κ2) is 7.27. The van der Waals surface area contributed by atoms with Crippen LogP contribution in [0.5, 0.6) is 0 Å². The third kappa shape index (κ3) is 4.70. The van der Waals surface area contributed by atoms with Gasteiger partial charge in [0.1, 0.15) is 6.10 Å². The Bertz CT molecular complexity index is 765. The molecular weight excluding hydrogens is 336 g/mol. The Morgan fingerprint density at radius 3 is 2.44 bits per heavy atom.